The molecule has 0 saturated carbocycles. The summed E-state index contributed by atoms with van der Waals surface area (Å²) >= 11 is -2.25. The molecule has 0 spiro atoms. The molecule has 4 nitrogen and oxygen atoms in total. The second kappa shape index (κ2) is 4.15. The fourth-order valence-electron chi connectivity index (χ4n) is 0.893. The molecule has 0 aliphatic heterocycles. The van der Waals surface area contributed by atoms with Gasteiger partial charge in [-0.15, -0.1) is 0 Å². The van der Waals surface area contributed by atoms with Crippen LogP contribution in [0.1, 0.15) is 5.56 Å². The standard InChI is InChI=1S/C8H8O4S/c9-8(10)5-6-1-3-7(4-2-6)13(11)12/h1-4H,5H2,(H,9,10)(H,11,12)/p-1. The molecule has 13 heavy (non-hydrogen) atoms. The Morgan fingerprint density at radius 3 is 2.31 bits per heavy atom. The number of hydrogen-bond donors (Lipinski definition) is 1. The van der Waals surface area contributed by atoms with Crippen LogP contribution in [-0.4, -0.2) is 19.8 Å². The van der Waals surface area contributed by atoms with Crippen molar-refractivity contribution < 1.29 is 18.7 Å². The highest BCUT2D eigenvalue weighted by Gasteiger charge is 1.99. The van der Waals surface area contributed by atoms with Crippen molar-refractivity contribution in [3.05, 3.63) is 29.8 Å². The lowest BCUT2D eigenvalue weighted by molar-refractivity contribution is -0.136. The molecule has 70 valence electrons. The van der Waals surface area contributed by atoms with Gasteiger partial charge in [-0.2, -0.15) is 0 Å². The van der Waals surface area contributed by atoms with E-state index < -0.39 is 17.0 Å². The van der Waals surface area contributed by atoms with Gasteiger partial charge in [0.1, 0.15) is 0 Å². The Morgan fingerprint density at radius 2 is 1.92 bits per heavy atom. The summed E-state index contributed by atoms with van der Waals surface area (Å²) in [5.41, 5.74) is 0.585. The number of carboxylic acid groups (broad SMARTS) is 1. The molecule has 1 aromatic rings. The molecule has 0 radical (unpaired) electrons. The predicted molar refractivity (Wildman–Crippen MR) is 45.0 cm³/mol. The molecule has 1 rings (SSSR count). The van der Waals surface area contributed by atoms with Crippen molar-refractivity contribution in [1.82, 2.24) is 0 Å². The Bertz CT molecular complexity index is 331. The molecular weight excluding hydrogens is 192 g/mol. The average molecular weight is 199 g/mol. The Kier molecular flexibility index (Phi) is 3.16. The van der Waals surface area contributed by atoms with E-state index in [9.17, 15) is 13.6 Å². The van der Waals surface area contributed by atoms with E-state index in [1.54, 1.807) is 0 Å². The summed E-state index contributed by atoms with van der Waals surface area (Å²) in [6.07, 6.45) is -0.0915. The van der Waals surface area contributed by atoms with E-state index in [-0.39, 0.29) is 11.3 Å². The third kappa shape index (κ3) is 2.96. The van der Waals surface area contributed by atoms with E-state index in [0.29, 0.717) is 5.56 Å². The van der Waals surface area contributed by atoms with Crippen molar-refractivity contribution in [3.8, 4) is 0 Å². The first kappa shape index (κ1) is 9.88. The predicted octanol–water partition coefficient (Wildman–Crippen LogP) is 0.552. The molecule has 1 unspecified atom stereocenters. The normalized spacial score (nSPS) is 12.4. The molecule has 1 N–H and O–H groups in total. The molecule has 5 heteroatoms. The first-order valence-corrected chi connectivity index (χ1v) is 4.57. The Morgan fingerprint density at radius 1 is 1.38 bits per heavy atom. The first-order chi connectivity index (χ1) is 6.09. The molecule has 1 atom stereocenters. The minimum absolute atomic E-state index is 0.0915. The van der Waals surface area contributed by atoms with E-state index in [1.807, 2.05) is 0 Å². The largest absolute Gasteiger partial charge is 0.768 e. The summed E-state index contributed by atoms with van der Waals surface area (Å²) in [6, 6.07) is 5.72. The second-order valence-corrected chi connectivity index (χ2v) is 3.39. The Balaban J connectivity index is 2.81. The number of rotatable bonds is 3. The van der Waals surface area contributed by atoms with Crippen LogP contribution in [0.5, 0.6) is 0 Å². The van der Waals surface area contributed by atoms with Gasteiger partial charge in [0, 0.05) is 4.90 Å². The zero-order valence-corrected chi connectivity index (χ0v) is 7.41. The van der Waals surface area contributed by atoms with Gasteiger partial charge in [0.05, 0.1) is 6.42 Å². The fraction of sp³-hybridized carbons (Fsp3) is 0.125. The molecule has 0 aliphatic carbocycles. The lowest BCUT2D eigenvalue weighted by Gasteiger charge is -2.04. The molecule has 0 aliphatic rings. The summed E-state index contributed by atoms with van der Waals surface area (Å²) in [5.74, 6) is -0.934. The Labute approximate surface area is 77.5 Å². The summed E-state index contributed by atoms with van der Waals surface area (Å²) < 4.78 is 20.8. The third-order valence-corrected chi connectivity index (χ3v) is 2.13. The smallest absolute Gasteiger partial charge is 0.307 e. The van der Waals surface area contributed by atoms with E-state index in [4.69, 9.17) is 5.11 Å². The number of carboxylic acids is 1. The number of carbonyl (C=O) groups is 1. The summed E-state index contributed by atoms with van der Waals surface area (Å²) in [4.78, 5) is 10.4. The topological polar surface area (TPSA) is 77.4 Å². The van der Waals surface area contributed by atoms with Crippen molar-refractivity contribution in [2.24, 2.45) is 0 Å². The monoisotopic (exact) mass is 199 g/mol. The Hall–Kier alpha value is -1.20. The SMILES string of the molecule is O=C(O)Cc1ccc(S(=O)[O-])cc1. The maximum absolute atomic E-state index is 10.4. The lowest BCUT2D eigenvalue weighted by Crippen LogP contribution is -2.00. The molecule has 0 amide bonds. The number of hydrogen-bond acceptors (Lipinski definition) is 3. The molecule has 0 aromatic heterocycles. The van der Waals surface area contributed by atoms with Crippen LogP contribution < -0.4 is 0 Å². The van der Waals surface area contributed by atoms with Gasteiger partial charge in [-0.25, -0.2) is 0 Å². The van der Waals surface area contributed by atoms with Gasteiger partial charge in [0.25, 0.3) is 0 Å². The van der Waals surface area contributed by atoms with Gasteiger partial charge in [0.15, 0.2) is 0 Å². The van der Waals surface area contributed by atoms with Crippen molar-refractivity contribution in [2.75, 3.05) is 0 Å². The van der Waals surface area contributed by atoms with Crippen molar-refractivity contribution in [3.63, 3.8) is 0 Å². The third-order valence-electron chi connectivity index (χ3n) is 1.47. The maximum atomic E-state index is 10.4. The van der Waals surface area contributed by atoms with Gasteiger partial charge in [-0.1, -0.05) is 12.1 Å². The maximum Gasteiger partial charge on any atom is 0.307 e. The molecular formula is C8H7O4S-. The van der Waals surface area contributed by atoms with Crippen molar-refractivity contribution in [2.45, 2.75) is 11.3 Å². The van der Waals surface area contributed by atoms with Crippen LogP contribution in [0.25, 0.3) is 0 Å². The zero-order chi connectivity index (χ0) is 9.84. The van der Waals surface area contributed by atoms with E-state index in [1.165, 1.54) is 24.3 Å². The van der Waals surface area contributed by atoms with Crippen LogP contribution in [0.2, 0.25) is 0 Å². The van der Waals surface area contributed by atoms with Crippen LogP contribution in [0.15, 0.2) is 29.2 Å². The van der Waals surface area contributed by atoms with E-state index >= 15 is 0 Å². The van der Waals surface area contributed by atoms with Crippen molar-refractivity contribution in [1.29, 1.82) is 0 Å². The molecule has 0 heterocycles. The highest BCUT2D eigenvalue weighted by Crippen LogP contribution is 2.07. The molecule has 0 fully saturated rings. The van der Waals surface area contributed by atoms with Crippen LogP contribution in [0.3, 0.4) is 0 Å². The van der Waals surface area contributed by atoms with Crippen molar-refractivity contribution >= 4 is 17.0 Å². The number of aliphatic carboxylic acids is 1. The van der Waals surface area contributed by atoms with Crippen LogP contribution in [-0.2, 0) is 22.3 Å². The quantitative estimate of drug-likeness (QED) is 0.721. The van der Waals surface area contributed by atoms with Crippen LogP contribution in [0.4, 0.5) is 0 Å². The summed E-state index contributed by atoms with van der Waals surface area (Å²) in [6.45, 7) is 0. The second-order valence-electron chi connectivity index (χ2n) is 2.45. The van der Waals surface area contributed by atoms with Gasteiger partial charge in [0.2, 0.25) is 0 Å². The van der Waals surface area contributed by atoms with E-state index in [2.05, 4.69) is 0 Å². The molecule has 0 bridgehead atoms. The highest BCUT2D eigenvalue weighted by atomic mass is 32.2. The minimum atomic E-state index is -2.25. The fourth-order valence-corrected chi connectivity index (χ4v) is 1.25. The van der Waals surface area contributed by atoms with Gasteiger partial charge >= 0.3 is 5.97 Å². The van der Waals surface area contributed by atoms with Gasteiger partial charge in [-0.05, 0) is 28.8 Å². The first-order valence-electron chi connectivity index (χ1n) is 3.49. The van der Waals surface area contributed by atoms with Crippen LogP contribution in [0, 0.1) is 0 Å². The molecule has 0 saturated heterocycles. The summed E-state index contributed by atoms with van der Waals surface area (Å²) in [5, 5.41) is 8.42. The van der Waals surface area contributed by atoms with Gasteiger partial charge in [-0.3, -0.25) is 9.00 Å². The minimum Gasteiger partial charge on any atom is -0.768 e. The highest BCUT2D eigenvalue weighted by molar-refractivity contribution is 7.79. The number of benzene rings is 1. The molecule has 1 aromatic carbocycles. The summed E-state index contributed by atoms with van der Waals surface area (Å²) in [7, 11) is 0. The average Bonchev–Trinajstić information content (AvgIpc) is 2.04. The lowest BCUT2D eigenvalue weighted by atomic mass is 10.2. The zero-order valence-electron chi connectivity index (χ0n) is 6.60. The van der Waals surface area contributed by atoms with E-state index in [0.717, 1.165) is 0 Å². The van der Waals surface area contributed by atoms with Crippen LogP contribution >= 0.6 is 0 Å². The van der Waals surface area contributed by atoms with Gasteiger partial charge < -0.3 is 9.66 Å².